The van der Waals surface area contributed by atoms with E-state index < -0.39 is 6.10 Å². The molecule has 0 radical (unpaired) electrons. The van der Waals surface area contributed by atoms with E-state index in [4.69, 9.17) is 11.6 Å². The highest BCUT2D eigenvalue weighted by molar-refractivity contribution is 6.30. The largest absolute Gasteiger partial charge is 0.391 e. The van der Waals surface area contributed by atoms with Gasteiger partial charge in [-0.3, -0.25) is 9.48 Å². The fourth-order valence-corrected chi connectivity index (χ4v) is 3.51. The average Bonchev–Trinajstić information content (AvgIpc) is 3.27. The molecule has 130 valence electrons. The highest BCUT2D eigenvalue weighted by atomic mass is 35.5. The summed E-state index contributed by atoms with van der Waals surface area (Å²) in [6, 6.07) is 1.44. The van der Waals surface area contributed by atoms with Gasteiger partial charge in [-0.15, -0.1) is 0 Å². The minimum Gasteiger partial charge on any atom is -0.391 e. The van der Waals surface area contributed by atoms with Crippen molar-refractivity contribution in [2.45, 2.75) is 31.5 Å². The van der Waals surface area contributed by atoms with Gasteiger partial charge in [-0.2, -0.15) is 10.2 Å². The second-order valence-corrected chi connectivity index (χ2v) is 6.75. The van der Waals surface area contributed by atoms with Gasteiger partial charge in [0.05, 0.1) is 29.6 Å². The first kappa shape index (κ1) is 16.0. The Hall–Kier alpha value is -2.45. The maximum atomic E-state index is 12.5. The zero-order valence-corrected chi connectivity index (χ0v) is 14.0. The van der Waals surface area contributed by atoms with Gasteiger partial charge in [-0.1, -0.05) is 11.6 Å². The first-order chi connectivity index (χ1) is 12.1. The van der Waals surface area contributed by atoms with Crippen molar-refractivity contribution < 1.29 is 9.90 Å². The van der Waals surface area contributed by atoms with Crippen LogP contribution in [-0.4, -0.2) is 47.5 Å². The van der Waals surface area contributed by atoms with Crippen LogP contribution >= 0.6 is 11.6 Å². The molecule has 3 heterocycles. The van der Waals surface area contributed by atoms with Crippen LogP contribution in [0.3, 0.4) is 0 Å². The number of aromatic nitrogens is 5. The lowest BCUT2D eigenvalue weighted by molar-refractivity contribution is 0.0874. The van der Waals surface area contributed by atoms with Crippen LogP contribution in [0.25, 0.3) is 5.65 Å². The maximum Gasteiger partial charge on any atom is 0.257 e. The van der Waals surface area contributed by atoms with Crippen molar-refractivity contribution >= 4 is 23.2 Å². The van der Waals surface area contributed by atoms with Gasteiger partial charge in [-0.05, 0) is 24.8 Å². The normalized spacial score (nSPS) is 23.2. The number of carbonyl (C=O) groups excluding carboxylic acids is 1. The zero-order valence-electron chi connectivity index (χ0n) is 13.3. The molecule has 0 bridgehead atoms. The number of hydrogen-bond donors (Lipinski definition) is 2. The average molecular weight is 361 g/mol. The third kappa shape index (κ3) is 3.22. The lowest BCUT2D eigenvalue weighted by atomic mass is 10.1. The molecule has 2 N–H and O–H groups in total. The van der Waals surface area contributed by atoms with Gasteiger partial charge in [0, 0.05) is 25.1 Å². The van der Waals surface area contributed by atoms with E-state index in [1.165, 1.54) is 6.20 Å². The van der Waals surface area contributed by atoms with Crippen LogP contribution in [0.1, 0.15) is 23.2 Å². The summed E-state index contributed by atoms with van der Waals surface area (Å²) >= 11 is 5.87. The summed E-state index contributed by atoms with van der Waals surface area (Å²) in [7, 11) is 0. The quantitative estimate of drug-likeness (QED) is 0.727. The molecule has 0 aliphatic heterocycles. The number of fused-ring (bicyclic) bond motifs is 1. The third-order valence-electron chi connectivity index (χ3n) is 4.51. The lowest BCUT2D eigenvalue weighted by Crippen LogP contribution is -2.39. The van der Waals surface area contributed by atoms with E-state index in [1.807, 2.05) is 0 Å². The molecule has 1 aliphatic carbocycles. The minimum absolute atomic E-state index is 0.221. The standard InChI is InChI=1S/C16H17ClN6O2/c17-11-6-19-22(9-11)8-10-4-13(14(24)5-10)21-16(25)12-7-20-23-3-1-2-18-15(12)23/h1-3,6-7,9-10,13-14,24H,4-5,8H2,(H,21,25)/t10?,13-,14-/m1/s1. The number of halogens is 1. The SMILES string of the molecule is O=C(N[C@@H]1CC(Cn2cc(Cl)cn2)C[C@H]1O)c1cnn2cccnc12. The number of aliphatic hydroxyl groups excluding tert-OH is 1. The van der Waals surface area contributed by atoms with Crippen molar-refractivity contribution in [1.29, 1.82) is 0 Å². The highest BCUT2D eigenvalue weighted by Gasteiger charge is 2.34. The van der Waals surface area contributed by atoms with Gasteiger partial charge in [0.2, 0.25) is 0 Å². The summed E-state index contributed by atoms with van der Waals surface area (Å²) in [4.78, 5) is 16.7. The topological polar surface area (TPSA) is 97.3 Å². The van der Waals surface area contributed by atoms with Crippen molar-refractivity contribution in [2.75, 3.05) is 0 Å². The Kier molecular flexibility index (Phi) is 4.14. The predicted molar refractivity (Wildman–Crippen MR) is 90.2 cm³/mol. The molecule has 1 fully saturated rings. The molecule has 1 amide bonds. The number of rotatable bonds is 4. The molecule has 3 atom stereocenters. The van der Waals surface area contributed by atoms with Crippen LogP contribution in [0.15, 0.2) is 37.1 Å². The van der Waals surface area contributed by atoms with Crippen LogP contribution < -0.4 is 5.32 Å². The molecule has 4 rings (SSSR count). The number of nitrogens with one attached hydrogen (secondary N) is 1. The van der Waals surface area contributed by atoms with E-state index in [2.05, 4.69) is 20.5 Å². The number of aliphatic hydroxyl groups is 1. The Morgan fingerprint density at radius 3 is 3.04 bits per heavy atom. The number of hydrogen-bond acceptors (Lipinski definition) is 5. The third-order valence-corrected chi connectivity index (χ3v) is 4.71. The van der Waals surface area contributed by atoms with Crippen molar-refractivity contribution in [1.82, 2.24) is 29.7 Å². The molecular weight excluding hydrogens is 344 g/mol. The van der Waals surface area contributed by atoms with Crippen LogP contribution in [-0.2, 0) is 6.54 Å². The van der Waals surface area contributed by atoms with Gasteiger partial charge in [0.15, 0.2) is 5.65 Å². The fourth-order valence-electron chi connectivity index (χ4n) is 3.36. The number of carbonyl (C=O) groups is 1. The van der Waals surface area contributed by atoms with E-state index in [9.17, 15) is 9.90 Å². The Balaban J connectivity index is 1.43. The fraction of sp³-hybridized carbons (Fsp3) is 0.375. The summed E-state index contributed by atoms with van der Waals surface area (Å²) in [5.74, 6) is -0.0566. The summed E-state index contributed by atoms with van der Waals surface area (Å²) < 4.78 is 3.31. The predicted octanol–water partition coefficient (Wildman–Crippen LogP) is 1.15. The molecule has 1 unspecified atom stereocenters. The van der Waals surface area contributed by atoms with Crippen molar-refractivity contribution in [3.05, 3.63) is 47.6 Å². The van der Waals surface area contributed by atoms with Crippen LogP contribution in [0, 0.1) is 5.92 Å². The van der Waals surface area contributed by atoms with E-state index >= 15 is 0 Å². The Labute approximate surface area is 148 Å². The number of amides is 1. The van der Waals surface area contributed by atoms with E-state index in [0.717, 1.165) is 0 Å². The van der Waals surface area contributed by atoms with Crippen LogP contribution in [0.4, 0.5) is 0 Å². The molecule has 25 heavy (non-hydrogen) atoms. The molecule has 3 aromatic rings. The molecule has 8 nitrogen and oxygen atoms in total. The summed E-state index contributed by atoms with van der Waals surface area (Å²) in [6.07, 6.45) is 8.87. The molecule has 3 aromatic heterocycles. The van der Waals surface area contributed by atoms with E-state index in [0.29, 0.717) is 35.6 Å². The van der Waals surface area contributed by atoms with Gasteiger partial charge in [-0.25, -0.2) is 9.50 Å². The lowest BCUT2D eigenvalue weighted by Gasteiger charge is -2.15. The van der Waals surface area contributed by atoms with Gasteiger partial charge in [0.1, 0.15) is 5.56 Å². The van der Waals surface area contributed by atoms with Gasteiger partial charge < -0.3 is 10.4 Å². The minimum atomic E-state index is -0.588. The van der Waals surface area contributed by atoms with Crippen LogP contribution in [0.5, 0.6) is 0 Å². The van der Waals surface area contributed by atoms with Crippen molar-refractivity contribution in [2.24, 2.45) is 5.92 Å². The first-order valence-corrected chi connectivity index (χ1v) is 8.43. The smallest absolute Gasteiger partial charge is 0.257 e. The van der Waals surface area contributed by atoms with Crippen molar-refractivity contribution in [3.63, 3.8) is 0 Å². The molecular formula is C16H17ClN6O2. The van der Waals surface area contributed by atoms with E-state index in [-0.39, 0.29) is 17.9 Å². The van der Waals surface area contributed by atoms with Crippen LogP contribution in [0.2, 0.25) is 5.02 Å². The molecule has 0 saturated heterocycles. The van der Waals surface area contributed by atoms with E-state index in [1.54, 1.807) is 40.1 Å². The Morgan fingerprint density at radius 1 is 1.36 bits per heavy atom. The second-order valence-electron chi connectivity index (χ2n) is 6.31. The summed E-state index contributed by atoms with van der Waals surface area (Å²) in [6.45, 7) is 0.661. The summed E-state index contributed by atoms with van der Waals surface area (Å²) in [5.41, 5.74) is 0.894. The van der Waals surface area contributed by atoms with Gasteiger partial charge in [0.25, 0.3) is 5.91 Å². The monoisotopic (exact) mass is 360 g/mol. The van der Waals surface area contributed by atoms with Gasteiger partial charge >= 0.3 is 0 Å². The molecule has 0 aromatic carbocycles. The Morgan fingerprint density at radius 2 is 2.24 bits per heavy atom. The van der Waals surface area contributed by atoms with Crippen molar-refractivity contribution in [3.8, 4) is 0 Å². The highest BCUT2D eigenvalue weighted by Crippen LogP contribution is 2.28. The zero-order chi connectivity index (χ0) is 17.4. The maximum absolute atomic E-state index is 12.5. The Bertz CT molecular complexity index is 907. The molecule has 0 spiro atoms. The summed E-state index contributed by atoms with van der Waals surface area (Å²) in [5, 5.41) is 22.1. The molecule has 1 aliphatic rings. The molecule has 9 heteroatoms. The number of nitrogens with zero attached hydrogens (tertiary/aromatic N) is 5. The second kappa shape index (κ2) is 6.45. The first-order valence-electron chi connectivity index (χ1n) is 8.05. The molecule has 1 saturated carbocycles.